The number of aliphatic hydroxyl groups excluding tert-OH is 1. The third-order valence-electron chi connectivity index (χ3n) is 3.45. The second kappa shape index (κ2) is 5.68. The molecule has 0 bridgehead atoms. The Morgan fingerprint density at radius 3 is 2.33 bits per heavy atom. The zero-order chi connectivity index (χ0) is 13.1. The van der Waals surface area contributed by atoms with Crippen molar-refractivity contribution in [3.63, 3.8) is 0 Å². The van der Waals surface area contributed by atoms with Crippen molar-refractivity contribution in [2.45, 2.75) is 39.2 Å². The lowest BCUT2D eigenvalue weighted by Crippen LogP contribution is -2.10. The average molecular weight is 260 g/mol. The fourth-order valence-electron chi connectivity index (χ4n) is 2.50. The van der Waals surface area contributed by atoms with Crippen molar-refractivity contribution in [2.24, 2.45) is 0 Å². The molecule has 96 valence electrons. The molecular weight excluding hydrogens is 240 g/mol. The lowest BCUT2D eigenvalue weighted by molar-refractivity contribution is 0.142. The van der Waals surface area contributed by atoms with E-state index in [1.165, 1.54) is 15.3 Å². The van der Waals surface area contributed by atoms with E-state index in [1.807, 2.05) is 18.2 Å². The molecular formula is C16H20OS. The van der Waals surface area contributed by atoms with Crippen LogP contribution in [0.4, 0.5) is 0 Å². The molecule has 0 spiro atoms. The Morgan fingerprint density at radius 2 is 1.83 bits per heavy atom. The van der Waals surface area contributed by atoms with Crippen LogP contribution in [0.25, 0.3) is 0 Å². The third-order valence-corrected chi connectivity index (χ3v) is 4.43. The minimum absolute atomic E-state index is 0.180. The highest BCUT2D eigenvalue weighted by atomic mass is 32.1. The minimum Gasteiger partial charge on any atom is -0.388 e. The monoisotopic (exact) mass is 260 g/mol. The number of thiophene rings is 1. The molecule has 0 aliphatic rings. The standard InChI is InChI=1S/C16H20OS/c1-4-14(13-8-6-5-7-9-13)16(17)15-10-11(2)18-12(15)3/h5-10,14,16-17H,4H2,1-3H3. The Balaban J connectivity index is 2.31. The van der Waals surface area contributed by atoms with Gasteiger partial charge in [0.1, 0.15) is 0 Å². The zero-order valence-electron chi connectivity index (χ0n) is 11.2. The van der Waals surface area contributed by atoms with Gasteiger partial charge in [-0.1, -0.05) is 37.3 Å². The van der Waals surface area contributed by atoms with Gasteiger partial charge in [0.15, 0.2) is 0 Å². The van der Waals surface area contributed by atoms with Crippen LogP contribution in [0.3, 0.4) is 0 Å². The number of hydrogen-bond acceptors (Lipinski definition) is 2. The number of benzene rings is 1. The van der Waals surface area contributed by atoms with E-state index in [4.69, 9.17) is 0 Å². The molecule has 2 heteroatoms. The van der Waals surface area contributed by atoms with E-state index in [1.54, 1.807) is 11.3 Å². The van der Waals surface area contributed by atoms with Crippen molar-refractivity contribution in [1.29, 1.82) is 0 Å². The van der Waals surface area contributed by atoms with Crippen LogP contribution in [-0.4, -0.2) is 5.11 Å². The van der Waals surface area contributed by atoms with Gasteiger partial charge in [-0.3, -0.25) is 0 Å². The Bertz CT molecular complexity index is 501. The average Bonchev–Trinajstić information content (AvgIpc) is 2.70. The van der Waals surface area contributed by atoms with Crippen LogP contribution < -0.4 is 0 Å². The summed E-state index contributed by atoms with van der Waals surface area (Å²) in [5.41, 5.74) is 2.31. The number of aliphatic hydroxyl groups is 1. The molecule has 2 atom stereocenters. The summed E-state index contributed by atoms with van der Waals surface area (Å²) in [5, 5.41) is 10.6. The first kappa shape index (κ1) is 13.3. The lowest BCUT2D eigenvalue weighted by atomic mass is 9.87. The Hall–Kier alpha value is -1.12. The van der Waals surface area contributed by atoms with Gasteiger partial charge in [0.2, 0.25) is 0 Å². The van der Waals surface area contributed by atoms with E-state index in [2.05, 4.69) is 39.0 Å². The number of aryl methyl sites for hydroxylation is 2. The molecule has 1 aromatic carbocycles. The van der Waals surface area contributed by atoms with Gasteiger partial charge in [-0.2, -0.15) is 0 Å². The van der Waals surface area contributed by atoms with Crippen LogP contribution in [0.15, 0.2) is 36.4 Å². The Kier molecular flexibility index (Phi) is 4.20. The van der Waals surface area contributed by atoms with Crippen LogP contribution in [0, 0.1) is 13.8 Å². The number of hydrogen-bond donors (Lipinski definition) is 1. The summed E-state index contributed by atoms with van der Waals surface area (Å²) in [6.45, 7) is 6.32. The van der Waals surface area contributed by atoms with Gasteiger partial charge in [-0.05, 0) is 37.5 Å². The van der Waals surface area contributed by atoms with Gasteiger partial charge in [0.05, 0.1) is 6.10 Å². The van der Waals surface area contributed by atoms with Crippen molar-refractivity contribution in [2.75, 3.05) is 0 Å². The van der Waals surface area contributed by atoms with Gasteiger partial charge in [-0.15, -0.1) is 11.3 Å². The molecule has 0 saturated carbocycles. The van der Waals surface area contributed by atoms with Gasteiger partial charge in [0.25, 0.3) is 0 Å². The Morgan fingerprint density at radius 1 is 1.17 bits per heavy atom. The minimum atomic E-state index is -0.401. The maximum atomic E-state index is 10.6. The van der Waals surface area contributed by atoms with Crippen LogP contribution in [0.5, 0.6) is 0 Å². The van der Waals surface area contributed by atoms with Crippen molar-refractivity contribution < 1.29 is 5.11 Å². The van der Waals surface area contributed by atoms with Crippen LogP contribution in [0.1, 0.15) is 46.2 Å². The topological polar surface area (TPSA) is 20.2 Å². The van der Waals surface area contributed by atoms with E-state index in [9.17, 15) is 5.11 Å². The third kappa shape index (κ3) is 2.65. The molecule has 1 aromatic heterocycles. The highest BCUT2D eigenvalue weighted by Gasteiger charge is 2.23. The second-order valence-electron chi connectivity index (χ2n) is 4.74. The van der Waals surface area contributed by atoms with E-state index in [0.29, 0.717) is 0 Å². The summed E-state index contributed by atoms with van der Waals surface area (Å²) in [6.07, 6.45) is 0.543. The van der Waals surface area contributed by atoms with E-state index < -0.39 is 6.10 Å². The molecule has 1 nitrogen and oxygen atoms in total. The predicted octanol–water partition coefficient (Wildman–Crippen LogP) is 4.59. The van der Waals surface area contributed by atoms with Crippen molar-refractivity contribution in [3.05, 3.63) is 57.3 Å². The summed E-state index contributed by atoms with van der Waals surface area (Å²) >= 11 is 1.76. The maximum Gasteiger partial charge on any atom is 0.0869 e. The first-order valence-electron chi connectivity index (χ1n) is 6.43. The van der Waals surface area contributed by atoms with Crippen molar-refractivity contribution in [3.8, 4) is 0 Å². The quantitative estimate of drug-likeness (QED) is 0.852. The smallest absolute Gasteiger partial charge is 0.0869 e. The Labute approximate surface area is 113 Å². The molecule has 0 saturated heterocycles. The fraction of sp³-hybridized carbons (Fsp3) is 0.375. The SMILES string of the molecule is CCC(c1ccccc1)C(O)c1cc(C)sc1C. The van der Waals surface area contributed by atoms with Crippen molar-refractivity contribution in [1.82, 2.24) is 0 Å². The summed E-state index contributed by atoms with van der Waals surface area (Å²) in [7, 11) is 0. The molecule has 1 N–H and O–H groups in total. The van der Waals surface area contributed by atoms with Gasteiger partial charge >= 0.3 is 0 Å². The second-order valence-corrected chi connectivity index (χ2v) is 6.20. The molecule has 2 aromatic rings. The van der Waals surface area contributed by atoms with Crippen LogP contribution in [0.2, 0.25) is 0 Å². The first-order chi connectivity index (χ1) is 8.63. The van der Waals surface area contributed by atoms with Gasteiger partial charge in [0, 0.05) is 15.7 Å². The molecule has 0 aliphatic carbocycles. The maximum absolute atomic E-state index is 10.6. The van der Waals surface area contributed by atoms with Gasteiger partial charge < -0.3 is 5.11 Å². The molecule has 2 unspecified atom stereocenters. The van der Waals surface area contributed by atoms with Crippen molar-refractivity contribution >= 4 is 11.3 Å². The van der Waals surface area contributed by atoms with E-state index in [0.717, 1.165) is 12.0 Å². The molecule has 1 heterocycles. The lowest BCUT2D eigenvalue weighted by Gasteiger charge is -2.22. The molecule has 2 rings (SSSR count). The molecule has 0 amide bonds. The van der Waals surface area contributed by atoms with Crippen LogP contribution >= 0.6 is 11.3 Å². The summed E-state index contributed by atoms with van der Waals surface area (Å²) in [6, 6.07) is 12.4. The van der Waals surface area contributed by atoms with E-state index >= 15 is 0 Å². The largest absolute Gasteiger partial charge is 0.388 e. The van der Waals surface area contributed by atoms with Gasteiger partial charge in [-0.25, -0.2) is 0 Å². The zero-order valence-corrected chi connectivity index (χ0v) is 12.0. The summed E-state index contributed by atoms with van der Waals surface area (Å²) in [4.78, 5) is 2.50. The highest BCUT2D eigenvalue weighted by Crippen LogP contribution is 2.37. The molecule has 0 fully saturated rings. The molecule has 0 radical (unpaired) electrons. The summed E-state index contributed by atoms with van der Waals surface area (Å²) < 4.78 is 0. The van der Waals surface area contributed by atoms with Crippen LogP contribution in [-0.2, 0) is 0 Å². The fourth-order valence-corrected chi connectivity index (χ4v) is 3.47. The highest BCUT2D eigenvalue weighted by molar-refractivity contribution is 7.12. The predicted molar refractivity (Wildman–Crippen MR) is 78.2 cm³/mol. The summed E-state index contributed by atoms with van der Waals surface area (Å²) in [5.74, 6) is 0.180. The molecule has 18 heavy (non-hydrogen) atoms. The first-order valence-corrected chi connectivity index (χ1v) is 7.25. The normalized spacial score (nSPS) is 14.4. The van der Waals surface area contributed by atoms with E-state index in [-0.39, 0.29) is 5.92 Å². The number of rotatable bonds is 4. The molecule has 0 aliphatic heterocycles.